The SMILES string of the molecule is CCN(CC)c1nc(N)c(C(=O)NC2CCCC2CO)s1. The first-order valence-corrected chi connectivity index (χ1v) is 8.35. The number of amides is 1. The fourth-order valence-corrected chi connectivity index (χ4v) is 3.81. The van der Waals surface area contributed by atoms with Gasteiger partial charge in [-0.3, -0.25) is 4.79 Å². The fourth-order valence-electron chi connectivity index (χ4n) is 2.79. The van der Waals surface area contributed by atoms with Gasteiger partial charge in [0.2, 0.25) is 0 Å². The molecule has 1 saturated carbocycles. The molecule has 4 N–H and O–H groups in total. The van der Waals surface area contributed by atoms with Crippen LogP contribution in [0.5, 0.6) is 0 Å². The highest BCUT2D eigenvalue weighted by Gasteiger charge is 2.29. The minimum absolute atomic E-state index is 0.0425. The van der Waals surface area contributed by atoms with Crippen molar-refractivity contribution in [2.75, 3.05) is 30.3 Å². The zero-order valence-corrected chi connectivity index (χ0v) is 13.4. The molecule has 1 amide bonds. The van der Waals surface area contributed by atoms with E-state index >= 15 is 0 Å². The molecule has 118 valence electrons. The zero-order valence-electron chi connectivity index (χ0n) is 12.6. The standard InChI is InChI=1S/C14H24N4O2S/c1-3-18(4-2)14-17-12(15)11(21-14)13(20)16-10-7-5-6-9(10)8-19/h9-10,19H,3-8,15H2,1-2H3,(H,16,20). The van der Waals surface area contributed by atoms with Crippen LogP contribution in [0.2, 0.25) is 0 Å². The highest BCUT2D eigenvalue weighted by Crippen LogP contribution is 2.30. The smallest absolute Gasteiger partial charge is 0.265 e. The maximum absolute atomic E-state index is 12.4. The van der Waals surface area contributed by atoms with E-state index in [4.69, 9.17) is 5.73 Å². The Kier molecular flexibility index (Phi) is 5.41. The van der Waals surface area contributed by atoms with E-state index < -0.39 is 0 Å². The van der Waals surface area contributed by atoms with Crippen molar-refractivity contribution in [3.8, 4) is 0 Å². The lowest BCUT2D eigenvalue weighted by atomic mass is 10.1. The second-order valence-corrected chi connectivity index (χ2v) is 6.31. The van der Waals surface area contributed by atoms with Gasteiger partial charge in [0.05, 0.1) is 0 Å². The Bertz CT molecular complexity index is 487. The molecule has 0 aliphatic heterocycles. The molecule has 1 aromatic rings. The molecule has 0 radical (unpaired) electrons. The van der Waals surface area contributed by atoms with Gasteiger partial charge in [-0.2, -0.15) is 0 Å². The molecule has 0 spiro atoms. The highest BCUT2D eigenvalue weighted by molar-refractivity contribution is 7.18. The second kappa shape index (κ2) is 7.09. The molecule has 0 saturated heterocycles. The summed E-state index contributed by atoms with van der Waals surface area (Å²) in [4.78, 5) is 19.2. The Morgan fingerprint density at radius 2 is 2.19 bits per heavy atom. The maximum atomic E-state index is 12.4. The number of aliphatic hydroxyl groups excluding tert-OH is 1. The summed E-state index contributed by atoms with van der Waals surface area (Å²) in [5.74, 6) is 0.275. The summed E-state index contributed by atoms with van der Waals surface area (Å²) in [6.45, 7) is 5.88. The first kappa shape index (κ1) is 16.0. The van der Waals surface area contributed by atoms with Crippen molar-refractivity contribution < 1.29 is 9.90 Å². The van der Waals surface area contributed by atoms with Gasteiger partial charge in [-0.05, 0) is 26.7 Å². The van der Waals surface area contributed by atoms with Gasteiger partial charge in [-0.25, -0.2) is 4.98 Å². The van der Waals surface area contributed by atoms with Crippen molar-refractivity contribution in [3.05, 3.63) is 4.88 Å². The van der Waals surface area contributed by atoms with Crippen molar-refractivity contribution in [3.63, 3.8) is 0 Å². The minimum atomic E-state index is -0.172. The molecular formula is C14H24N4O2S. The Hall–Kier alpha value is -1.34. The molecule has 2 unspecified atom stereocenters. The molecule has 1 aromatic heterocycles. The van der Waals surface area contributed by atoms with Crippen LogP contribution in [0.1, 0.15) is 42.8 Å². The third-order valence-corrected chi connectivity index (χ3v) is 5.22. The van der Waals surface area contributed by atoms with Gasteiger partial charge < -0.3 is 21.1 Å². The first-order chi connectivity index (χ1) is 10.1. The van der Waals surface area contributed by atoms with E-state index in [-0.39, 0.29) is 30.3 Å². The summed E-state index contributed by atoms with van der Waals surface area (Å²) in [5, 5.41) is 13.1. The Balaban J connectivity index is 2.09. The number of aromatic nitrogens is 1. The number of nitrogens with two attached hydrogens (primary N) is 1. The van der Waals surface area contributed by atoms with Crippen LogP contribution in [-0.2, 0) is 0 Å². The Labute approximate surface area is 129 Å². The monoisotopic (exact) mass is 312 g/mol. The van der Waals surface area contributed by atoms with Gasteiger partial charge in [-0.15, -0.1) is 0 Å². The van der Waals surface area contributed by atoms with E-state index in [1.807, 2.05) is 13.8 Å². The van der Waals surface area contributed by atoms with Crippen LogP contribution < -0.4 is 16.0 Å². The van der Waals surface area contributed by atoms with E-state index in [0.29, 0.717) is 4.88 Å². The summed E-state index contributed by atoms with van der Waals surface area (Å²) < 4.78 is 0. The fraction of sp³-hybridized carbons (Fsp3) is 0.714. The van der Waals surface area contributed by atoms with Crippen LogP contribution in [-0.4, -0.2) is 41.7 Å². The van der Waals surface area contributed by atoms with E-state index in [9.17, 15) is 9.90 Å². The van der Waals surface area contributed by atoms with Crippen LogP contribution in [0.3, 0.4) is 0 Å². The predicted octanol–water partition coefficient (Wildman–Crippen LogP) is 1.46. The molecule has 1 aliphatic carbocycles. The number of nitrogens with zero attached hydrogens (tertiary/aromatic N) is 2. The normalized spacial score (nSPS) is 21.5. The molecule has 0 aromatic carbocycles. The zero-order chi connectivity index (χ0) is 15.4. The quantitative estimate of drug-likeness (QED) is 0.740. The van der Waals surface area contributed by atoms with Crippen LogP contribution in [0, 0.1) is 5.92 Å². The molecule has 1 aliphatic rings. The lowest BCUT2D eigenvalue weighted by Gasteiger charge is -2.18. The molecule has 0 bridgehead atoms. The summed E-state index contributed by atoms with van der Waals surface area (Å²) in [6.07, 6.45) is 2.92. The number of thiazole rings is 1. The number of carbonyl (C=O) groups is 1. The summed E-state index contributed by atoms with van der Waals surface area (Å²) >= 11 is 1.33. The number of nitrogens with one attached hydrogen (secondary N) is 1. The Morgan fingerprint density at radius 3 is 2.81 bits per heavy atom. The van der Waals surface area contributed by atoms with E-state index in [0.717, 1.165) is 37.5 Å². The lowest BCUT2D eigenvalue weighted by molar-refractivity contribution is 0.0921. The molecule has 6 nitrogen and oxygen atoms in total. The Morgan fingerprint density at radius 1 is 1.48 bits per heavy atom. The molecular weight excluding hydrogens is 288 g/mol. The van der Waals surface area contributed by atoms with E-state index in [2.05, 4.69) is 15.2 Å². The number of hydrogen-bond acceptors (Lipinski definition) is 6. The van der Waals surface area contributed by atoms with Crippen LogP contribution >= 0.6 is 11.3 Å². The maximum Gasteiger partial charge on any atom is 0.265 e. The van der Waals surface area contributed by atoms with Crippen molar-refractivity contribution in [2.45, 2.75) is 39.2 Å². The molecule has 1 fully saturated rings. The largest absolute Gasteiger partial charge is 0.396 e. The van der Waals surface area contributed by atoms with Crippen LogP contribution in [0.25, 0.3) is 0 Å². The number of aliphatic hydroxyl groups is 1. The molecule has 21 heavy (non-hydrogen) atoms. The highest BCUT2D eigenvalue weighted by atomic mass is 32.1. The average Bonchev–Trinajstić information content (AvgIpc) is 3.07. The summed E-state index contributed by atoms with van der Waals surface area (Å²) in [7, 11) is 0. The average molecular weight is 312 g/mol. The van der Waals surface area contributed by atoms with Gasteiger partial charge in [-0.1, -0.05) is 17.8 Å². The second-order valence-electron chi connectivity index (χ2n) is 5.34. The van der Waals surface area contributed by atoms with Crippen LogP contribution in [0.4, 0.5) is 10.9 Å². The van der Waals surface area contributed by atoms with Crippen molar-refractivity contribution in [2.24, 2.45) is 5.92 Å². The lowest BCUT2D eigenvalue weighted by Crippen LogP contribution is -2.38. The topological polar surface area (TPSA) is 91.5 Å². The van der Waals surface area contributed by atoms with E-state index in [1.54, 1.807) is 0 Å². The number of hydrogen-bond donors (Lipinski definition) is 3. The van der Waals surface area contributed by atoms with E-state index in [1.165, 1.54) is 11.3 Å². The van der Waals surface area contributed by atoms with Crippen molar-refractivity contribution >= 4 is 28.2 Å². The number of nitrogen functional groups attached to an aromatic ring is 1. The number of rotatable bonds is 6. The third-order valence-electron chi connectivity index (χ3n) is 4.09. The molecule has 2 rings (SSSR count). The molecule has 1 heterocycles. The summed E-state index contributed by atoms with van der Waals surface area (Å²) in [6, 6.07) is 0.0425. The minimum Gasteiger partial charge on any atom is -0.396 e. The molecule has 7 heteroatoms. The van der Waals surface area contributed by atoms with Crippen molar-refractivity contribution in [1.82, 2.24) is 10.3 Å². The third kappa shape index (κ3) is 3.47. The van der Waals surface area contributed by atoms with Crippen LogP contribution in [0.15, 0.2) is 0 Å². The van der Waals surface area contributed by atoms with Crippen molar-refractivity contribution in [1.29, 1.82) is 0 Å². The van der Waals surface area contributed by atoms with Gasteiger partial charge in [0, 0.05) is 31.7 Å². The number of carbonyl (C=O) groups excluding carboxylic acids is 1. The molecule has 2 atom stereocenters. The van der Waals surface area contributed by atoms with Gasteiger partial charge >= 0.3 is 0 Å². The van der Waals surface area contributed by atoms with Gasteiger partial charge in [0.1, 0.15) is 10.7 Å². The number of anilines is 2. The van der Waals surface area contributed by atoms with Gasteiger partial charge in [0.25, 0.3) is 5.91 Å². The first-order valence-electron chi connectivity index (χ1n) is 7.53. The predicted molar refractivity (Wildman–Crippen MR) is 85.8 cm³/mol. The summed E-state index contributed by atoms with van der Waals surface area (Å²) in [5.41, 5.74) is 5.89. The van der Waals surface area contributed by atoms with Gasteiger partial charge in [0.15, 0.2) is 5.13 Å².